The number of methoxy groups -OCH3 is 1. The maximum Gasteiger partial charge on any atom is 0.342 e. The first kappa shape index (κ1) is 33.7. The molecule has 4 aliphatic carbocycles. The molecule has 2 heterocycles. The average molecular weight is 646 g/mol. The second-order valence-corrected chi connectivity index (χ2v) is 13.8. The van der Waals surface area contributed by atoms with E-state index in [4.69, 9.17) is 23.7 Å². The number of morpholine rings is 1. The first-order chi connectivity index (χ1) is 21.3. The third-order valence-corrected chi connectivity index (χ3v) is 10.7. The Balaban J connectivity index is 0.00000400. The van der Waals surface area contributed by atoms with Crippen LogP contribution in [0.25, 0.3) is 0 Å². The molecule has 0 atom stereocenters. The molecule has 248 valence electrons. The molecule has 2 aliphatic heterocycles. The van der Waals surface area contributed by atoms with Crippen molar-refractivity contribution in [3.63, 3.8) is 0 Å². The number of nitrogens with zero attached hydrogens (tertiary/aromatic N) is 1. The lowest BCUT2D eigenvalue weighted by molar-refractivity contribution is -0.161. The highest BCUT2D eigenvalue weighted by molar-refractivity contribution is 5.99. The molecule has 10 heteroatoms. The van der Waals surface area contributed by atoms with Gasteiger partial charge in [-0.2, -0.15) is 0 Å². The Morgan fingerprint density at radius 3 is 2.33 bits per heavy atom. The standard InChI is InChI=1S/C35H47NO8.ClH/c1-22(6-8-29(37)42-12-4-9-36-10-13-41-14-11-36)5-7-27-31(40-3)23(2)28-21-43-33(38)30(28)32(27)44-34(39)35-18-24-15-25(19-35)17-26(16-24)20-35;/h5,24-26H,4,6-21H2,1-3H3;1H. The largest absolute Gasteiger partial charge is 0.496 e. The number of fused-ring (bicyclic) bond motifs is 1. The Morgan fingerprint density at radius 2 is 1.69 bits per heavy atom. The third kappa shape index (κ3) is 7.20. The number of carbonyl (C=O) groups is 3. The van der Waals surface area contributed by atoms with Crippen LogP contribution in [0.4, 0.5) is 0 Å². The zero-order chi connectivity index (χ0) is 30.8. The minimum absolute atomic E-state index is 0. The Labute approximate surface area is 272 Å². The predicted octanol–water partition coefficient (Wildman–Crippen LogP) is 5.75. The second kappa shape index (κ2) is 14.4. The summed E-state index contributed by atoms with van der Waals surface area (Å²) in [5, 5.41) is 0. The van der Waals surface area contributed by atoms with E-state index in [1.807, 2.05) is 19.9 Å². The van der Waals surface area contributed by atoms with Crippen LogP contribution >= 0.6 is 12.4 Å². The van der Waals surface area contributed by atoms with Crippen molar-refractivity contribution < 1.29 is 38.1 Å². The lowest BCUT2D eigenvalue weighted by Gasteiger charge is -2.55. The quantitative estimate of drug-likeness (QED) is 0.122. The molecule has 1 saturated heterocycles. The summed E-state index contributed by atoms with van der Waals surface area (Å²) in [4.78, 5) is 41.8. The number of hydrogen-bond donors (Lipinski definition) is 0. The number of allylic oxidation sites excluding steroid dienone is 2. The fraction of sp³-hybridized carbons (Fsp3) is 0.686. The van der Waals surface area contributed by atoms with E-state index in [2.05, 4.69) is 4.90 Å². The molecule has 4 saturated carbocycles. The Bertz CT molecular complexity index is 1280. The van der Waals surface area contributed by atoms with Crippen molar-refractivity contribution in [3.05, 3.63) is 33.9 Å². The fourth-order valence-corrected chi connectivity index (χ4v) is 8.73. The van der Waals surface area contributed by atoms with Crippen LogP contribution in [0.15, 0.2) is 11.6 Å². The van der Waals surface area contributed by atoms with Crippen molar-refractivity contribution in [3.8, 4) is 11.5 Å². The van der Waals surface area contributed by atoms with E-state index in [1.54, 1.807) is 7.11 Å². The average Bonchev–Trinajstić information content (AvgIpc) is 3.40. The molecule has 1 aromatic carbocycles. The highest BCUT2D eigenvalue weighted by Crippen LogP contribution is 2.60. The summed E-state index contributed by atoms with van der Waals surface area (Å²) in [5.41, 5.74) is 3.12. The molecule has 6 aliphatic rings. The zero-order valence-corrected chi connectivity index (χ0v) is 27.8. The predicted molar refractivity (Wildman–Crippen MR) is 170 cm³/mol. The summed E-state index contributed by atoms with van der Waals surface area (Å²) >= 11 is 0. The van der Waals surface area contributed by atoms with E-state index in [1.165, 1.54) is 19.3 Å². The maximum absolute atomic E-state index is 14.0. The summed E-state index contributed by atoms with van der Waals surface area (Å²) in [7, 11) is 1.60. The monoisotopic (exact) mass is 645 g/mol. The molecular formula is C35H48ClNO8. The molecule has 5 fully saturated rings. The molecule has 0 spiro atoms. The summed E-state index contributed by atoms with van der Waals surface area (Å²) in [5.74, 6) is 1.81. The van der Waals surface area contributed by atoms with Crippen LogP contribution in [-0.4, -0.2) is 69.4 Å². The summed E-state index contributed by atoms with van der Waals surface area (Å²) in [6, 6.07) is 0. The number of ether oxygens (including phenoxy) is 5. The van der Waals surface area contributed by atoms with Gasteiger partial charge in [0.1, 0.15) is 17.9 Å². The number of benzene rings is 1. The van der Waals surface area contributed by atoms with Gasteiger partial charge in [-0.1, -0.05) is 11.6 Å². The van der Waals surface area contributed by atoms with Crippen molar-refractivity contribution >= 4 is 30.3 Å². The van der Waals surface area contributed by atoms with Gasteiger partial charge >= 0.3 is 17.9 Å². The van der Waals surface area contributed by atoms with E-state index >= 15 is 0 Å². The Morgan fingerprint density at radius 1 is 1.02 bits per heavy atom. The molecule has 0 amide bonds. The fourth-order valence-electron chi connectivity index (χ4n) is 8.73. The normalized spacial score (nSPS) is 27.0. The Hall–Kier alpha value is -2.62. The lowest BCUT2D eigenvalue weighted by atomic mass is 9.49. The Kier molecular flexibility index (Phi) is 10.8. The molecule has 4 bridgehead atoms. The number of halogens is 1. The van der Waals surface area contributed by atoms with Gasteiger partial charge in [-0.25, -0.2) is 4.79 Å². The van der Waals surface area contributed by atoms with Crippen molar-refractivity contribution in [1.29, 1.82) is 0 Å². The van der Waals surface area contributed by atoms with Gasteiger partial charge in [-0.15, -0.1) is 12.4 Å². The maximum atomic E-state index is 14.0. The summed E-state index contributed by atoms with van der Waals surface area (Å²) in [6.45, 7) is 8.74. The van der Waals surface area contributed by atoms with Crippen molar-refractivity contribution in [2.75, 3.05) is 46.6 Å². The number of hydrogen-bond acceptors (Lipinski definition) is 9. The van der Waals surface area contributed by atoms with E-state index in [0.717, 1.165) is 75.2 Å². The molecular weight excluding hydrogens is 598 g/mol. The van der Waals surface area contributed by atoms with Crippen LogP contribution < -0.4 is 9.47 Å². The molecule has 9 nitrogen and oxygen atoms in total. The highest BCUT2D eigenvalue weighted by Gasteiger charge is 2.56. The molecule has 0 unspecified atom stereocenters. The highest BCUT2D eigenvalue weighted by atomic mass is 35.5. The van der Waals surface area contributed by atoms with Crippen LogP contribution in [0.2, 0.25) is 0 Å². The third-order valence-electron chi connectivity index (χ3n) is 10.7. The molecule has 0 N–H and O–H groups in total. The number of esters is 3. The van der Waals surface area contributed by atoms with Gasteiger partial charge < -0.3 is 23.7 Å². The SMILES string of the molecule is COc1c(C)c2c(c(OC(=O)C34CC5CC(CC(C5)C3)C4)c1CC=C(C)CCC(=O)OCCCN1CCOCC1)C(=O)OC2.Cl. The van der Waals surface area contributed by atoms with Gasteiger partial charge in [0.05, 0.1) is 32.3 Å². The van der Waals surface area contributed by atoms with Crippen molar-refractivity contribution in [2.24, 2.45) is 23.2 Å². The van der Waals surface area contributed by atoms with E-state index in [0.29, 0.717) is 60.5 Å². The first-order valence-electron chi connectivity index (χ1n) is 16.5. The van der Waals surface area contributed by atoms with Gasteiger partial charge in [-0.05, 0) is 95.0 Å². The van der Waals surface area contributed by atoms with Crippen LogP contribution in [-0.2, 0) is 36.8 Å². The van der Waals surface area contributed by atoms with Crippen LogP contribution in [0.1, 0.15) is 91.8 Å². The van der Waals surface area contributed by atoms with E-state index < -0.39 is 11.4 Å². The van der Waals surface area contributed by atoms with E-state index in [9.17, 15) is 14.4 Å². The van der Waals surface area contributed by atoms with Crippen LogP contribution in [0, 0.1) is 30.1 Å². The lowest BCUT2D eigenvalue weighted by Crippen LogP contribution is -2.51. The van der Waals surface area contributed by atoms with Gasteiger partial charge in [-0.3, -0.25) is 14.5 Å². The topological polar surface area (TPSA) is 101 Å². The van der Waals surface area contributed by atoms with Gasteiger partial charge in [0, 0.05) is 37.2 Å². The number of rotatable bonds is 12. The summed E-state index contributed by atoms with van der Waals surface area (Å²) in [6.07, 6.45) is 10.4. The van der Waals surface area contributed by atoms with Gasteiger partial charge in [0.2, 0.25) is 0 Å². The van der Waals surface area contributed by atoms with Crippen molar-refractivity contribution in [1.82, 2.24) is 4.90 Å². The molecule has 45 heavy (non-hydrogen) atoms. The van der Waals surface area contributed by atoms with E-state index in [-0.39, 0.29) is 36.7 Å². The number of carbonyl (C=O) groups excluding carboxylic acids is 3. The van der Waals surface area contributed by atoms with Gasteiger partial charge in [0.15, 0.2) is 5.75 Å². The minimum atomic E-state index is -0.464. The smallest absolute Gasteiger partial charge is 0.342 e. The zero-order valence-electron chi connectivity index (χ0n) is 27.0. The summed E-state index contributed by atoms with van der Waals surface area (Å²) < 4.78 is 28.5. The first-order valence-corrected chi connectivity index (χ1v) is 16.5. The number of cyclic esters (lactones) is 1. The second-order valence-electron chi connectivity index (χ2n) is 13.8. The van der Waals surface area contributed by atoms with Crippen LogP contribution in [0.3, 0.4) is 0 Å². The van der Waals surface area contributed by atoms with Crippen molar-refractivity contribution in [2.45, 2.75) is 84.7 Å². The molecule has 0 radical (unpaired) electrons. The van der Waals surface area contributed by atoms with Gasteiger partial charge in [0.25, 0.3) is 0 Å². The molecule has 1 aromatic rings. The molecule has 7 rings (SSSR count). The minimum Gasteiger partial charge on any atom is -0.496 e. The van der Waals surface area contributed by atoms with Crippen LogP contribution in [0.5, 0.6) is 11.5 Å². The molecule has 0 aromatic heterocycles.